The second-order valence-electron chi connectivity index (χ2n) is 4.92. The van der Waals surface area contributed by atoms with Gasteiger partial charge in [0, 0.05) is 12.1 Å². The Labute approximate surface area is 100 Å². The average Bonchev–Trinajstić information content (AvgIpc) is 2.52. The lowest BCUT2D eigenvalue weighted by atomic mass is 10.1. The lowest BCUT2D eigenvalue weighted by molar-refractivity contribution is 0.221. The van der Waals surface area contributed by atoms with Gasteiger partial charge in [0.05, 0.1) is 6.61 Å². The largest absolute Gasteiger partial charge is 0.395 e. The number of rotatable bonds is 6. The third kappa shape index (κ3) is 4.81. The Balaban J connectivity index is 2.29. The number of hydrogen-bond acceptors (Lipinski definition) is 3. The fraction of sp³-hybridized carbons (Fsp3) is 1.00. The highest BCUT2D eigenvalue weighted by Gasteiger charge is 2.18. The highest BCUT2D eigenvalue weighted by Crippen LogP contribution is 2.12. The molecule has 1 rings (SSSR count). The number of hydrogen-bond donors (Lipinski definition) is 2. The number of likely N-dealkylation sites (tertiary alicyclic amines) is 1. The van der Waals surface area contributed by atoms with Crippen LogP contribution in [0.4, 0.5) is 0 Å². The minimum Gasteiger partial charge on any atom is -0.395 e. The Kier molecular flexibility index (Phi) is 7.01. The van der Waals surface area contributed by atoms with Gasteiger partial charge in [0.25, 0.3) is 0 Å². The summed E-state index contributed by atoms with van der Waals surface area (Å²) in [4.78, 5) is 2.57. The van der Waals surface area contributed by atoms with Crippen molar-refractivity contribution in [2.24, 2.45) is 0 Å². The van der Waals surface area contributed by atoms with Gasteiger partial charge < -0.3 is 15.3 Å². The molecule has 1 aliphatic rings. The van der Waals surface area contributed by atoms with Gasteiger partial charge in [0.2, 0.25) is 0 Å². The molecule has 3 heteroatoms. The molecule has 1 saturated heterocycles. The molecule has 2 atom stereocenters. The molecule has 1 aliphatic heterocycles. The number of nitrogens with zero attached hydrogens (tertiary/aromatic N) is 1. The van der Waals surface area contributed by atoms with E-state index in [1.165, 1.54) is 45.3 Å². The van der Waals surface area contributed by atoms with Gasteiger partial charge >= 0.3 is 0 Å². The van der Waals surface area contributed by atoms with E-state index in [1.807, 2.05) is 0 Å². The number of nitrogens with one attached hydrogen (secondary N) is 1. The third-order valence-corrected chi connectivity index (χ3v) is 3.55. The SMILES string of the molecule is CCCN1CCCC(N[C@@H](CC)CO)CC1. The van der Waals surface area contributed by atoms with Crippen LogP contribution in [-0.4, -0.2) is 48.3 Å². The molecule has 2 N–H and O–H groups in total. The fourth-order valence-corrected chi connectivity index (χ4v) is 2.50. The highest BCUT2D eigenvalue weighted by atomic mass is 16.3. The van der Waals surface area contributed by atoms with Crippen molar-refractivity contribution < 1.29 is 5.11 Å². The summed E-state index contributed by atoms with van der Waals surface area (Å²) in [6.45, 7) is 8.36. The normalized spacial score (nSPS) is 25.3. The molecule has 0 saturated carbocycles. The molecule has 0 amide bonds. The molecule has 16 heavy (non-hydrogen) atoms. The zero-order valence-corrected chi connectivity index (χ0v) is 10.9. The first-order chi connectivity index (χ1) is 7.80. The summed E-state index contributed by atoms with van der Waals surface area (Å²) >= 11 is 0. The van der Waals surface area contributed by atoms with Gasteiger partial charge in [-0.1, -0.05) is 13.8 Å². The van der Waals surface area contributed by atoms with E-state index in [0.29, 0.717) is 12.1 Å². The van der Waals surface area contributed by atoms with Crippen LogP contribution in [0.15, 0.2) is 0 Å². The third-order valence-electron chi connectivity index (χ3n) is 3.55. The molecule has 1 unspecified atom stereocenters. The lowest BCUT2D eigenvalue weighted by Gasteiger charge is -2.23. The Morgan fingerprint density at radius 3 is 2.75 bits per heavy atom. The first-order valence-electron chi connectivity index (χ1n) is 6.89. The molecule has 0 spiro atoms. The summed E-state index contributed by atoms with van der Waals surface area (Å²) in [6, 6.07) is 0.904. The van der Waals surface area contributed by atoms with Crippen LogP contribution in [0.3, 0.4) is 0 Å². The lowest BCUT2D eigenvalue weighted by Crippen LogP contribution is -2.40. The highest BCUT2D eigenvalue weighted by molar-refractivity contribution is 4.78. The molecule has 1 heterocycles. The van der Waals surface area contributed by atoms with E-state index in [4.69, 9.17) is 0 Å². The van der Waals surface area contributed by atoms with Crippen LogP contribution >= 0.6 is 0 Å². The summed E-state index contributed by atoms with van der Waals surface area (Å²) in [5.41, 5.74) is 0. The first-order valence-corrected chi connectivity index (χ1v) is 6.89. The zero-order valence-electron chi connectivity index (χ0n) is 10.9. The van der Waals surface area contributed by atoms with Crippen LogP contribution in [0.5, 0.6) is 0 Å². The Bertz CT molecular complexity index is 171. The molecular formula is C13H28N2O. The van der Waals surface area contributed by atoms with Gasteiger partial charge in [-0.2, -0.15) is 0 Å². The topological polar surface area (TPSA) is 35.5 Å². The minimum absolute atomic E-state index is 0.270. The van der Waals surface area contributed by atoms with E-state index >= 15 is 0 Å². The zero-order chi connectivity index (χ0) is 11.8. The molecule has 0 radical (unpaired) electrons. The fourth-order valence-electron chi connectivity index (χ4n) is 2.50. The molecule has 0 aromatic heterocycles. The van der Waals surface area contributed by atoms with Crippen LogP contribution in [0.2, 0.25) is 0 Å². The number of aliphatic hydroxyl groups is 1. The van der Waals surface area contributed by atoms with Gasteiger partial charge in [0.1, 0.15) is 0 Å². The minimum atomic E-state index is 0.270. The van der Waals surface area contributed by atoms with Crippen LogP contribution in [0, 0.1) is 0 Å². The second-order valence-corrected chi connectivity index (χ2v) is 4.92. The maximum atomic E-state index is 9.19. The van der Waals surface area contributed by atoms with Gasteiger partial charge in [-0.05, 0) is 51.7 Å². The second kappa shape index (κ2) is 8.04. The van der Waals surface area contributed by atoms with E-state index in [2.05, 4.69) is 24.1 Å². The quantitative estimate of drug-likeness (QED) is 0.725. The summed E-state index contributed by atoms with van der Waals surface area (Å²) in [5.74, 6) is 0. The monoisotopic (exact) mass is 228 g/mol. The van der Waals surface area contributed by atoms with Crippen LogP contribution < -0.4 is 5.32 Å². The summed E-state index contributed by atoms with van der Waals surface area (Å²) in [5, 5.41) is 12.8. The van der Waals surface area contributed by atoms with Crippen LogP contribution in [0.1, 0.15) is 46.0 Å². The Hall–Kier alpha value is -0.120. The van der Waals surface area contributed by atoms with Gasteiger partial charge in [-0.15, -0.1) is 0 Å². The summed E-state index contributed by atoms with van der Waals surface area (Å²) in [6.07, 6.45) is 6.06. The number of aliphatic hydroxyl groups excluding tert-OH is 1. The van der Waals surface area contributed by atoms with Crippen molar-refractivity contribution >= 4 is 0 Å². The molecule has 0 aliphatic carbocycles. The summed E-state index contributed by atoms with van der Waals surface area (Å²) in [7, 11) is 0. The van der Waals surface area contributed by atoms with Gasteiger partial charge in [0.15, 0.2) is 0 Å². The smallest absolute Gasteiger partial charge is 0.0584 e. The van der Waals surface area contributed by atoms with Crippen molar-refractivity contribution in [3.63, 3.8) is 0 Å². The van der Waals surface area contributed by atoms with Gasteiger partial charge in [-0.25, -0.2) is 0 Å². The predicted octanol–water partition coefficient (Wildman–Crippen LogP) is 1.61. The van der Waals surface area contributed by atoms with E-state index in [9.17, 15) is 5.11 Å². The van der Waals surface area contributed by atoms with Crippen molar-refractivity contribution in [2.75, 3.05) is 26.2 Å². The summed E-state index contributed by atoms with van der Waals surface area (Å²) < 4.78 is 0. The Morgan fingerprint density at radius 1 is 1.31 bits per heavy atom. The molecule has 0 aromatic carbocycles. The van der Waals surface area contributed by atoms with E-state index in [-0.39, 0.29) is 6.61 Å². The Morgan fingerprint density at radius 2 is 2.12 bits per heavy atom. The predicted molar refractivity (Wildman–Crippen MR) is 68.7 cm³/mol. The maximum absolute atomic E-state index is 9.19. The first kappa shape index (κ1) is 13.9. The van der Waals surface area contributed by atoms with E-state index in [1.54, 1.807) is 0 Å². The standard InChI is InChI=1S/C13H28N2O/c1-3-8-15-9-5-6-13(7-10-15)14-12(4-2)11-16/h12-14,16H,3-11H2,1-2H3/t12-,13?/m0/s1. The molecule has 96 valence electrons. The van der Waals surface area contributed by atoms with Crippen molar-refractivity contribution in [1.82, 2.24) is 10.2 Å². The molecular weight excluding hydrogens is 200 g/mol. The van der Waals surface area contributed by atoms with Crippen molar-refractivity contribution in [2.45, 2.75) is 58.0 Å². The van der Waals surface area contributed by atoms with Crippen molar-refractivity contribution in [1.29, 1.82) is 0 Å². The average molecular weight is 228 g/mol. The van der Waals surface area contributed by atoms with E-state index in [0.717, 1.165) is 6.42 Å². The van der Waals surface area contributed by atoms with E-state index < -0.39 is 0 Å². The van der Waals surface area contributed by atoms with Crippen molar-refractivity contribution in [3.8, 4) is 0 Å². The van der Waals surface area contributed by atoms with Gasteiger partial charge in [-0.3, -0.25) is 0 Å². The maximum Gasteiger partial charge on any atom is 0.0584 e. The molecule has 0 aromatic rings. The molecule has 3 nitrogen and oxygen atoms in total. The van der Waals surface area contributed by atoms with Crippen LogP contribution in [0.25, 0.3) is 0 Å². The molecule has 0 bridgehead atoms. The van der Waals surface area contributed by atoms with Crippen LogP contribution in [-0.2, 0) is 0 Å². The molecule has 1 fully saturated rings. The van der Waals surface area contributed by atoms with Crippen molar-refractivity contribution in [3.05, 3.63) is 0 Å².